The second-order valence-electron chi connectivity index (χ2n) is 7.38. The van der Waals surface area contributed by atoms with Gasteiger partial charge in [-0.25, -0.2) is 0 Å². The van der Waals surface area contributed by atoms with Crippen LogP contribution in [-0.4, -0.2) is 44.1 Å². The summed E-state index contributed by atoms with van der Waals surface area (Å²) in [4.78, 5) is 0. The Morgan fingerprint density at radius 2 is 1.28 bits per heavy atom. The Kier molecular flexibility index (Phi) is 5.35. The van der Waals surface area contributed by atoms with Crippen molar-refractivity contribution in [2.45, 2.75) is 50.2 Å². The Balaban J connectivity index is 1.37. The van der Waals surface area contributed by atoms with Crippen LogP contribution in [0.5, 0.6) is 0 Å². The number of methoxy groups -OCH3 is 1. The van der Waals surface area contributed by atoms with E-state index in [1.807, 2.05) is 60.7 Å². The van der Waals surface area contributed by atoms with E-state index in [9.17, 15) is 0 Å². The highest BCUT2D eigenvalue weighted by Crippen LogP contribution is 2.45. The molecule has 6 atom stereocenters. The van der Waals surface area contributed by atoms with Crippen LogP contribution in [0.3, 0.4) is 0 Å². The van der Waals surface area contributed by atoms with Gasteiger partial charge >= 0.3 is 0 Å². The van der Waals surface area contributed by atoms with Crippen LogP contribution in [0.15, 0.2) is 72.5 Å². The van der Waals surface area contributed by atoms with Crippen molar-refractivity contribution in [2.24, 2.45) is 0 Å². The Morgan fingerprint density at radius 1 is 0.759 bits per heavy atom. The van der Waals surface area contributed by atoms with E-state index in [2.05, 4.69) is 0 Å². The first-order valence-electron chi connectivity index (χ1n) is 9.83. The van der Waals surface area contributed by atoms with E-state index in [0.29, 0.717) is 13.2 Å². The minimum absolute atomic E-state index is 0.279. The van der Waals surface area contributed by atoms with E-state index in [1.165, 1.54) is 0 Å². The van der Waals surface area contributed by atoms with Gasteiger partial charge in [0, 0.05) is 5.57 Å². The number of hydrogen-bond acceptors (Lipinski definition) is 6. The summed E-state index contributed by atoms with van der Waals surface area (Å²) in [5.74, 6) is 0. The van der Waals surface area contributed by atoms with Crippen molar-refractivity contribution < 1.29 is 28.4 Å². The summed E-state index contributed by atoms with van der Waals surface area (Å²) in [6, 6.07) is 20.1. The van der Waals surface area contributed by atoms with Gasteiger partial charge in [-0.05, 0) is 11.1 Å². The van der Waals surface area contributed by atoms with Crippen LogP contribution in [-0.2, 0) is 41.6 Å². The van der Waals surface area contributed by atoms with Crippen molar-refractivity contribution in [3.8, 4) is 0 Å². The van der Waals surface area contributed by atoms with Crippen LogP contribution in [0.1, 0.15) is 11.1 Å². The number of hydrogen-bond donors (Lipinski definition) is 0. The third-order valence-corrected chi connectivity index (χ3v) is 5.51. The summed E-state index contributed by atoms with van der Waals surface area (Å²) in [6.07, 6.45) is 0.224. The minimum atomic E-state index is -0.697. The minimum Gasteiger partial charge on any atom is -0.504 e. The molecule has 1 aliphatic carbocycles. The summed E-state index contributed by atoms with van der Waals surface area (Å²) < 4.78 is 35.7. The average Bonchev–Trinajstić information content (AvgIpc) is 2.76. The van der Waals surface area contributed by atoms with E-state index in [0.717, 1.165) is 16.7 Å². The summed E-state index contributed by atoms with van der Waals surface area (Å²) in [6.45, 7) is 0.234. The normalized spacial score (nSPS) is 33.9. The molecule has 3 aliphatic heterocycles. The van der Waals surface area contributed by atoms with Gasteiger partial charge in [0.05, 0.1) is 26.6 Å². The lowest BCUT2D eigenvalue weighted by Gasteiger charge is -2.56. The molecule has 6 heteroatoms. The van der Waals surface area contributed by atoms with Gasteiger partial charge < -0.3 is 28.4 Å². The quantitative estimate of drug-likeness (QED) is 0.670. The van der Waals surface area contributed by atoms with Crippen LogP contribution in [0.25, 0.3) is 0 Å². The van der Waals surface area contributed by atoms with Crippen molar-refractivity contribution in [3.63, 3.8) is 0 Å². The van der Waals surface area contributed by atoms with E-state index < -0.39 is 6.48 Å². The lowest BCUT2D eigenvalue weighted by atomic mass is 9.81. The Bertz CT molecular complexity index is 775. The average molecular weight is 396 g/mol. The third-order valence-electron chi connectivity index (χ3n) is 5.51. The molecule has 2 unspecified atom stereocenters. The smallest absolute Gasteiger partial charge is 0.273 e. The van der Waals surface area contributed by atoms with Crippen LogP contribution >= 0.6 is 0 Å². The molecule has 152 valence electrons. The molecule has 0 spiro atoms. The Morgan fingerprint density at radius 3 is 1.76 bits per heavy atom. The third kappa shape index (κ3) is 3.70. The molecule has 0 amide bonds. The highest BCUT2D eigenvalue weighted by molar-refractivity contribution is 5.26. The first-order valence-corrected chi connectivity index (χ1v) is 9.83. The molecule has 1 saturated carbocycles. The zero-order chi connectivity index (χ0) is 19.6. The standard InChI is InChI=1S/C23H24O6/c1-24-14-17-18-20(25-12-15-8-4-2-5-9-15)22-21(19(17)28-23(27-18)29-22)26-13-16-10-6-3-7-11-16/h2-11,14,18-23H,12-13H2,1H3/t18-,19+,20-,21+,22?,23?. The van der Waals surface area contributed by atoms with Crippen molar-refractivity contribution >= 4 is 0 Å². The first kappa shape index (κ1) is 18.8. The largest absolute Gasteiger partial charge is 0.504 e. The van der Waals surface area contributed by atoms with Gasteiger partial charge in [0.25, 0.3) is 6.48 Å². The highest BCUT2D eigenvalue weighted by Gasteiger charge is 2.61. The van der Waals surface area contributed by atoms with Gasteiger partial charge in [-0.1, -0.05) is 60.7 Å². The molecular formula is C23H24O6. The van der Waals surface area contributed by atoms with Crippen molar-refractivity contribution in [3.05, 3.63) is 83.6 Å². The molecule has 3 saturated heterocycles. The van der Waals surface area contributed by atoms with Gasteiger partial charge in [-0.2, -0.15) is 0 Å². The molecule has 6 rings (SSSR count). The lowest BCUT2D eigenvalue weighted by Crippen LogP contribution is -2.71. The Labute approximate surface area is 169 Å². The van der Waals surface area contributed by atoms with E-state index in [4.69, 9.17) is 28.4 Å². The molecule has 4 aliphatic rings. The maximum absolute atomic E-state index is 6.28. The van der Waals surface area contributed by atoms with Gasteiger partial charge in [-0.3, -0.25) is 0 Å². The summed E-state index contributed by atoms with van der Waals surface area (Å²) >= 11 is 0. The first-order chi connectivity index (χ1) is 14.3. The van der Waals surface area contributed by atoms with Gasteiger partial charge in [0.2, 0.25) is 0 Å². The van der Waals surface area contributed by atoms with Crippen molar-refractivity contribution in [1.82, 2.24) is 0 Å². The zero-order valence-electron chi connectivity index (χ0n) is 16.2. The number of ether oxygens (including phenoxy) is 6. The fourth-order valence-corrected chi connectivity index (χ4v) is 4.17. The predicted octanol–water partition coefficient (Wildman–Crippen LogP) is 3.17. The van der Waals surface area contributed by atoms with Gasteiger partial charge in [0.1, 0.15) is 30.5 Å². The highest BCUT2D eigenvalue weighted by atomic mass is 16.9. The molecule has 2 aromatic carbocycles. The second-order valence-corrected chi connectivity index (χ2v) is 7.38. The number of benzene rings is 2. The maximum atomic E-state index is 6.28. The van der Waals surface area contributed by atoms with Crippen molar-refractivity contribution in [2.75, 3.05) is 7.11 Å². The maximum Gasteiger partial charge on any atom is 0.273 e. The molecule has 4 fully saturated rings. The van der Waals surface area contributed by atoms with Gasteiger partial charge in [-0.15, -0.1) is 0 Å². The SMILES string of the molecule is COC=C1[C@H]2OC3OC([C@@H](OCc4ccccc4)[C@H]1O3)[C@@H]2OCc1ccccc1. The van der Waals surface area contributed by atoms with E-state index in [1.54, 1.807) is 13.4 Å². The molecule has 0 radical (unpaired) electrons. The molecule has 4 bridgehead atoms. The molecule has 2 aromatic rings. The van der Waals surface area contributed by atoms with Crippen LogP contribution in [0, 0.1) is 0 Å². The molecule has 3 heterocycles. The van der Waals surface area contributed by atoms with E-state index in [-0.39, 0.29) is 30.5 Å². The van der Waals surface area contributed by atoms with Crippen LogP contribution in [0.4, 0.5) is 0 Å². The Hall–Kier alpha value is -2.22. The molecule has 6 nitrogen and oxygen atoms in total. The van der Waals surface area contributed by atoms with Crippen LogP contribution in [0.2, 0.25) is 0 Å². The lowest BCUT2D eigenvalue weighted by molar-refractivity contribution is -0.452. The molecule has 0 aromatic heterocycles. The zero-order valence-corrected chi connectivity index (χ0v) is 16.2. The van der Waals surface area contributed by atoms with E-state index >= 15 is 0 Å². The summed E-state index contributed by atoms with van der Waals surface area (Å²) in [7, 11) is 1.62. The molecule has 0 N–H and O–H groups in total. The monoisotopic (exact) mass is 396 g/mol. The molecular weight excluding hydrogens is 372 g/mol. The predicted molar refractivity (Wildman–Crippen MR) is 104 cm³/mol. The summed E-state index contributed by atoms with van der Waals surface area (Å²) in [5, 5.41) is 0. The fourth-order valence-electron chi connectivity index (χ4n) is 4.17. The van der Waals surface area contributed by atoms with Crippen molar-refractivity contribution in [1.29, 1.82) is 0 Å². The molecule has 29 heavy (non-hydrogen) atoms. The summed E-state index contributed by atoms with van der Waals surface area (Å²) in [5.41, 5.74) is 3.08. The topological polar surface area (TPSA) is 55.4 Å². The number of rotatable bonds is 7. The van der Waals surface area contributed by atoms with Crippen LogP contribution < -0.4 is 0 Å². The fraction of sp³-hybridized carbons (Fsp3) is 0.391. The second kappa shape index (κ2) is 8.26. The van der Waals surface area contributed by atoms with Gasteiger partial charge in [0.15, 0.2) is 0 Å².